The second-order valence-electron chi connectivity index (χ2n) is 3.06. The van der Waals surface area contributed by atoms with Crippen LogP contribution in [0.4, 0.5) is 0 Å². The Bertz CT molecular complexity index is 437. The molecular weight excluding hydrogens is 279 g/mol. The van der Waals surface area contributed by atoms with Crippen molar-refractivity contribution < 1.29 is 30.1 Å². The smallest absolute Gasteiger partial charge is 0.222 e. The van der Waals surface area contributed by atoms with Gasteiger partial charge in [0.1, 0.15) is 6.61 Å². The molecule has 0 bridgehead atoms. The molecular formula is C6H14O7PS2+. The zero-order valence-electron chi connectivity index (χ0n) is 9.11. The van der Waals surface area contributed by atoms with Crippen molar-refractivity contribution in [1.29, 1.82) is 0 Å². The van der Waals surface area contributed by atoms with E-state index in [0.29, 0.717) is 12.7 Å². The highest BCUT2D eigenvalue weighted by molar-refractivity contribution is 7.97. The molecule has 0 aliphatic carbocycles. The number of sulfone groups is 1. The first-order valence-corrected chi connectivity index (χ1v) is 9.26. The van der Waals surface area contributed by atoms with Crippen molar-refractivity contribution in [3.05, 3.63) is 0 Å². The van der Waals surface area contributed by atoms with Gasteiger partial charge in [0.15, 0.2) is 0 Å². The van der Waals surface area contributed by atoms with E-state index >= 15 is 0 Å². The van der Waals surface area contributed by atoms with Crippen molar-refractivity contribution >= 4 is 28.0 Å². The van der Waals surface area contributed by atoms with E-state index in [4.69, 9.17) is 0 Å². The number of rotatable bonds is 7. The van der Waals surface area contributed by atoms with E-state index in [2.05, 4.69) is 8.71 Å². The summed E-state index contributed by atoms with van der Waals surface area (Å²) in [6, 6.07) is 0. The summed E-state index contributed by atoms with van der Waals surface area (Å²) in [5.41, 5.74) is 0. The Balaban J connectivity index is 4.91. The normalized spacial score (nSPS) is 15.8. The van der Waals surface area contributed by atoms with Crippen molar-refractivity contribution in [2.75, 3.05) is 19.1 Å². The Morgan fingerprint density at radius 2 is 1.69 bits per heavy atom. The van der Waals surface area contributed by atoms with Crippen LogP contribution in [0.5, 0.6) is 0 Å². The van der Waals surface area contributed by atoms with Crippen LogP contribution in [-0.4, -0.2) is 41.1 Å². The largest absolute Gasteiger partial charge is 0.558 e. The van der Waals surface area contributed by atoms with Crippen LogP contribution in [0, 0.1) is 0 Å². The standard InChI is InChI=1S/C6H14O7PS2/c1-4-5-12-14(7)6(15(2,8)9)13-16(3,10)11/h6H,4-5H2,1-3H3/q+1. The van der Waals surface area contributed by atoms with Crippen molar-refractivity contribution in [3.8, 4) is 0 Å². The molecule has 7 nitrogen and oxygen atoms in total. The highest BCUT2D eigenvalue weighted by Crippen LogP contribution is 2.34. The maximum Gasteiger partial charge on any atom is 0.558 e. The highest BCUT2D eigenvalue weighted by atomic mass is 32.2. The number of hydrogen-bond acceptors (Lipinski definition) is 7. The van der Waals surface area contributed by atoms with Gasteiger partial charge in [0.05, 0.1) is 6.26 Å². The van der Waals surface area contributed by atoms with Gasteiger partial charge in [-0.1, -0.05) is 6.92 Å². The van der Waals surface area contributed by atoms with Gasteiger partial charge in [0.2, 0.25) is 9.84 Å². The van der Waals surface area contributed by atoms with Gasteiger partial charge in [-0.25, -0.2) is 12.6 Å². The van der Waals surface area contributed by atoms with Crippen LogP contribution < -0.4 is 0 Å². The Morgan fingerprint density at radius 3 is 2.00 bits per heavy atom. The highest BCUT2D eigenvalue weighted by Gasteiger charge is 2.46. The zero-order valence-corrected chi connectivity index (χ0v) is 11.6. The van der Waals surface area contributed by atoms with Crippen molar-refractivity contribution in [3.63, 3.8) is 0 Å². The molecule has 0 saturated carbocycles. The fourth-order valence-corrected chi connectivity index (χ4v) is 4.62. The van der Waals surface area contributed by atoms with Crippen LogP contribution in [0.25, 0.3) is 0 Å². The van der Waals surface area contributed by atoms with E-state index in [9.17, 15) is 21.4 Å². The third-order valence-electron chi connectivity index (χ3n) is 1.22. The summed E-state index contributed by atoms with van der Waals surface area (Å²) in [6.07, 6.45) is 1.93. The first-order chi connectivity index (χ1) is 7.08. The summed E-state index contributed by atoms with van der Waals surface area (Å²) in [6.45, 7) is 1.80. The summed E-state index contributed by atoms with van der Waals surface area (Å²) in [5.74, 6) is 0. The molecule has 10 heteroatoms. The van der Waals surface area contributed by atoms with Crippen LogP contribution in [0.3, 0.4) is 0 Å². The lowest BCUT2D eigenvalue weighted by Crippen LogP contribution is -2.23. The first kappa shape index (κ1) is 15.9. The Hall–Kier alpha value is -0.0800. The molecule has 0 N–H and O–H groups in total. The molecule has 2 unspecified atom stereocenters. The molecule has 0 radical (unpaired) electrons. The lowest BCUT2D eigenvalue weighted by Gasteiger charge is -2.03. The van der Waals surface area contributed by atoms with E-state index in [1.165, 1.54) is 0 Å². The van der Waals surface area contributed by atoms with Gasteiger partial charge in [-0.2, -0.15) is 8.42 Å². The third kappa shape index (κ3) is 6.49. The van der Waals surface area contributed by atoms with Crippen molar-refractivity contribution in [2.45, 2.75) is 18.5 Å². The molecule has 0 aromatic rings. The van der Waals surface area contributed by atoms with Crippen LogP contribution in [0.2, 0.25) is 0 Å². The maximum absolute atomic E-state index is 11.4. The molecule has 0 fully saturated rings. The van der Waals surface area contributed by atoms with Crippen LogP contribution in [0.1, 0.15) is 13.3 Å². The van der Waals surface area contributed by atoms with Crippen LogP contribution >= 0.6 is 8.03 Å². The fourth-order valence-electron chi connectivity index (χ4n) is 0.654. The number of hydrogen-bond donors (Lipinski definition) is 0. The van der Waals surface area contributed by atoms with Gasteiger partial charge in [-0.05, 0) is 11.0 Å². The zero-order chi connectivity index (χ0) is 13.0. The molecule has 0 amide bonds. The average molecular weight is 293 g/mol. The van der Waals surface area contributed by atoms with E-state index in [1.807, 2.05) is 0 Å². The minimum absolute atomic E-state index is 0.0638. The Kier molecular flexibility index (Phi) is 5.99. The van der Waals surface area contributed by atoms with Crippen LogP contribution in [0.15, 0.2) is 0 Å². The third-order valence-corrected chi connectivity index (χ3v) is 5.41. The molecule has 0 aromatic carbocycles. The summed E-state index contributed by atoms with van der Waals surface area (Å²) < 4.78 is 64.2. The molecule has 96 valence electrons. The van der Waals surface area contributed by atoms with Gasteiger partial charge < -0.3 is 0 Å². The lowest BCUT2D eigenvalue weighted by atomic mass is 10.5. The quantitative estimate of drug-likeness (QED) is 0.496. The van der Waals surface area contributed by atoms with E-state index in [1.54, 1.807) is 6.92 Å². The topological polar surface area (TPSA) is 104 Å². The molecule has 0 saturated heterocycles. The minimum atomic E-state index is -4.02. The molecule has 0 aliphatic rings. The summed E-state index contributed by atoms with van der Waals surface area (Å²) in [5, 5.41) is -1.98. The molecule has 2 atom stereocenters. The van der Waals surface area contributed by atoms with E-state index in [0.717, 1.165) is 6.26 Å². The Labute approximate surface area is 96.0 Å². The van der Waals surface area contributed by atoms with Gasteiger partial charge in [0.25, 0.3) is 10.1 Å². The maximum atomic E-state index is 11.4. The Morgan fingerprint density at radius 1 is 1.19 bits per heavy atom. The predicted molar refractivity (Wildman–Crippen MR) is 58.4 cm³/mol. The minimum Gasteiger partial charge on any atom is -0.222 e. The van der Waals surface area contributed by atoms with Crippen molar-refractivity contribution in [2.24, 2.45) is 0 Å². The van der Waals surface area contributed by atoms with Gasteiger partial charge in [-0.3, -0.25) is 0 Å². The molecule has 0 rings (SSSR count). The monoisotopic (exact) mass is 293 g/mol. The van der Waals surface area contributed by atoms with E-state index < -0.39 is 33.2 Å². The predicted octanol–water partition coefficient (Wildman–Crippen LogP) is 0.460. The second-order valence-corrected chi connectivity index (χ2v) is 8.39. The molecule has 0 aromatic heterocycles. The summed E-state index contributed by atoms with van der Waals surface area (Å²) in [7, 11) is -10.7. The second kappa shape index (κ2) is 6.02. The molecule has 0 spiro atoms. The average Bonchev–Trinajstić information content (AvgIpc) is 2.07. The van der Waals surface area contributed by atoms with E-state index in [-0.39, 0.29) is 6.61 Å². The lowest BCUT2D eigenvalue weighted by molar-refractivity contribution is 0.281. The summed E-state index contributed by atoms with van der Waals surface area (Å²) in [4.78, 5) is 0. The summed E-state index contributed by atoms with van der Waals surface area (Å²) >= 11 is 0. The first-order valence-electron chi connectivity index (χ1n) is 4.24. The van der Waals surface area contributed by atoms with Crippen LogP contribution in [-0.2, 0) is 33.2 Å². The molecule has 0 heterocycles. The molecule has 16 heavy (non-hydrogen) atoms. The molecule has 0 aliphatic heterocycles. The van der Waals surface area contributed by atoms with Gasteiger partial charge in [0, 0.05) is 6.26 Å². The fraction of sp³-hybridized carbons (Fsp3) is 1.00. The van der Waals surface area contributed by atoms with Crippen molar-refractivity contribution in [1.82, 2.24) is 0 Å². The SMILES string of the molecule is CCCO[P+](=O)C(OS(C)(=O)=O)S(C)(=O)=O. The van der Waals surface area contributed by atoms with Gasteiger partial charge >= 0.3 is 13.2 Å². The van der Waals surface area contributed by atoms with Gasteiger partial charge in [-0.15, -0.1) is 4.52 Å².